The summed E-state index contributed by atoms with van der Waals surface area (Å²) in [6.07, 6.45) is 0.251. The van der Waals surface area contributed by atoms with E-state index in [1.807, 2.05) is 18.4 Å². The quantitative estimate of drug-likeness (QED) is 0.815. The molecule has 1 aromatic heterocycles. The molecule has 0 saturated carbocycles. The van der Waals surface area contributed by atoms with Crippen LogP contribution in [-0.2, 0) is 16.0 Å². The van der Waals surface area contributed by atoms with Gasteiger partial charge in [-0.1, -0.05) is 13.0 Å². The molecule has 2 atom stereocenters. The highest BCUT2D eigenvalue weighted by Crippen LogP contribution is 2.16. The summed E-state index contributed by atoms with van der Waals surface area (Å²) in [6.45, 7) is 6.07. The van der Waals surface area contributed by atoms with Gasteiger partial charge in [0, 0.05) is 44.0 Å². The molecule has 1 saturated heterocycles. The zero-order valence-corrected chi connectivity index (χ0v) is 14.2. The summed E-state index contributed by atoms with van der Waals surface area (Å²) in [5, 5.41) is 12.2. The summed E-state index contributed by atoms with van der Waals surface area (Å²) in [7, 11) is 1.77. The number of thiophene rings is 1. The van der Waals surface area contributed by atoms with Crippen molar-refractivity contribution in [2.75, 3.05) is 46.4 Å². The van der Waals surface area contributed by atoms with Crippen LogP contribution in [-0.4, -0.2) is 73.4 Å². The third-order valence-corrected chi connectivity index (χ3v) is 4.84. The van der Waals surface area contributed by atoms with E-state index in [-0.39, 0.29) is 11.8 Å². The van der Waals surface area contributed by atoms with Crippen molar-refractivity contribution >= 4 is 17.2 Å². The van der Waals surface area contributed by atoms with Crippen LogP contribution in [0.1, 0.15) is 11.8 Å². The Balaban J connectivity index is 1.74. The van der Waals surface area contributed by atoms with Gasteiger partial charge in [0.1, 0.15) is 0 Å². The molecule has 2 unspecified atom stereocenters. The summed E-state index contributed by atoms with van der Waals surface area (Å²) in [5.74, 6) is 0.0358. The van der Waals surface area contributed by atoms with Gasteiger partial charge in [-0.05, 0) is 17.9 Å². The summed E-state index contributed by atoms with van der Waals surface area (Å²) in [4.78, 5) is 17.4. The van der Waals surface area contributed by atoms with Crippen molar-refractivity contribution in [3.8, 4) is 0 Å². The molecule has 5 nitrogen and oxygen atoms in total. The molecular formula is C16H26N2O3S. The Bertz CT molecular complexity index is 446. The van der Waals surface area contributed by atoms with Gasteiger partial charge in [0.05, 0.1) is 19.3 Å². The maximum atomic E-state index is 12.4. The first-order chi connectivity index (χ1) is 10.6. The third-order valence-electron chi connectivity index (χ3n) is 3.94. The van der Waals surface area contributed by atoms with Crippen LogP contribution in [0.3, 0.4) is 0 Å². The number of ether oxygens (including phenoxy) is 1. The zero-order chi connectivity index (χ0) is 15.9. The lowest BCUT2D eigenvalue weighted by atomic mass is 10.1. The van der Waals surface area contributed by atoms with Crippen LogP contribution in [0.5, 0.6) is 0 Å². The molecule has 1 amide bonds. The minimum absolute atomic E-state index is 0.0563. The molecule has 1 N–H and O–H groups in total. The Morgan fingerprint density at radius 1 is 1.50 bits per heavy atom. The number of aliphatic hydroxyl groups is 1. The zero-order valence-electron chi connectivity index (χ0n) is 13.4. The van der Waals surface area contributed by atoms with E-state index >= 15 is 0 Å². The number of morpholine rings is 1. The lowest BCUT2D eigenvalue weighted by molar-refractivity contribution is -0.135. The second-order valence-corrected chi connectivity index (χ2v) is 7.00. The second-order valence-electron chi connectivity index (χ2n) is 5.97. The monoisotopic (exact) mass is 326 g/mol. The van der Waals surface area contributed by atoms with Crippen LogP contribution in [0.4, 0.5) is 0 Å². The molecule has 1 aromatic rings. The molecule has 6 heteroatoms. The van der Waals surface area contributed by atoms with Crippen LogP contribution in [0.2, 0.25) is 0 Å². The molecule has 0 aromatic carbocycles. The Hall–Kier alpha value is -0.950. The molecule has 1 fully saturated rings. The van der Waals surface area contributed by atoms with E-state index in [0.29, 0.717) is 13.1 Å². The normalized spacial score (nSPS) is 18.9. The van der Waals surface area contributed by atoms with Crippen LogP contribution in [0.25, 0.3) is 0 Å². The number of aliphatic hydroxyl groups excluding tert-OH is 1. The summed E-state index contributed by atoms with van der Waals surface area (Å²) < 4.78 is 5.30. The predicted octanol–water partition coefficient (Wildman–Crippen LogP) is 1.08. The van der Waals surface area contributed by atoms with E-state index in [9.17, 15) is 9.90 Å². The standard InChI is InChI=1S/C16H26N2O3S/c1-13(10-15-4-3-9-22-15)16(20)17(2)11-14(19)12-18-5-7-21-8-6-18/h3-4,9,13-14,19H,5-8,10-12H2,1-2H3. The van der Waals surface area contributed by atoms with Crippen molar-refractivity contribution in [3.05, 3.63) is 22.4 Å². The Labute approximate surface area is 136 Å². The number of hydrogen-bond donors (Lipinski definition) is 1. The van der Waals surface area contributed by atoms with Gasteiger partial charge < -0.3 is 14.7 Å². The molecular weight excluding hydrogens is 300 g/mol. The van der Waals surface area contributed by atoms with E-state index in [2.05, 4.69) is 11.0 Å². The van der Waals surface area contributed by atoms with Gasteiger partial charge in [0.15, 0.2) is 0 Å². The van der Waals surface area contributed by atoms with Gasteiger partial charge in [-0.3, -0.25) is 9.69 Å². The number of likely N-dealkylation sites (N-methyl/N-ethyl adjacent to an activating group) is 1. The van der Waals surface area contributed by atoms with Crippen molar-refractivity contribution in [2.24, 2.45) is 5.92 Å². The molecule has 0 spiro atoms. The number of amides is 1. The molecule has 124 valence electrons. The summed E-state index contributed by atoms with van der Waals surface area (Å²) in [5.41, 5.74) is 0. The fourth-order valence-corrected chi connectivity index (χ4v) is 3.57. The Morgan fingerprint density at radius 3 is 2.86 bits per heavy atom. The van der Waals surface area contributed by atoms with Crippen molar-refractivity contribution in [1.29, 1.82) is 0 Å². The minimum atomic E-state index is -0.513. The first kappa shape index (κ1) is 17.4. The number of carbonyl (C=O) groups excluding carboxylic acids is 1. The van der Waals surface area contributed by atoms with Gasteiger partial charge in [-0.15, -0.1) is 11.3 Å². The molecule has 0 radical (unpaired) electrons. The van der Waals surface area contributed by atoms with Crippen LogP contribution in [0.15, 0.2) is 17.5 Å². The average molecular weight is 326 g/mol. The highest BCUT2D eigenvalue weighted by atomic mass is 32.1. The van der Waals surface area contributed by atoms with E-state index < -0.39 is 6.10 Å². The number of rotatable bonds is 7. The van der Waals surface area contributed by atoms with Gasteiger partial charge in [0.2, 0.25) is 5.91 Å². The first-order valence-electron chi connectivity index (χ1n) is 7.81. The maximum absolute atomic E-state index is 12.4. The third kappa shape index (κ3) is 5.35. The molecule has 2 rings (SSSR count). The molecule has 1 aliphatic heterocycles. The molecule has 0 bridgehead atoms. The topological polar surface area (TPSA) is 53.0 Å². The lowest BCUT2D eigenvalue weighted by Crippen LogP contribution is -2.45. The van der Waals surface area contributed by atoms with Crippen LogP contribution >= 0.6 is 11.3 Å². The molecule has 0 aliphatic carbocycles. The van der Waals surface area contributed by atoms with Gasteiger partial charge in [0.25, 0.3) is 0 Å². The van der Waals surface area contributed by atoms with Crippen molar-refractivity contribution in [3.63, 3.8) is 0 Å². The summed E-state index contributed by atoms with van der Waals surface area (Å²) in [6, 6.07) is 4.06. The number of β-amino-alcohol motifs (C(OH)–C–C–N with tert-alkyl or cyclic N) is 1. The predicted molar refractivity (Wildman–Crippen MR) is 88.1 cm³/mol. The summed E-state index contributed by atoms with van der Waals surface area (Å²) >= 11 is 1.68. The van der Waals surface area contributed by atoms with Crippen LogP contribution < -0.4 is 0 Å². The highest BCUT2D eigenvalue weighted by molar-refractivity contribution is 7.09. The Kier molecular flexibility index (Phi) is 6.82. The van der Waals surface area contributed by atoms with Crippen molar-refractivity contribution < 1.29 is 14.6 Å². The van der Waals surface area contributed by atoms with Gasteiger partial charge >= 0.3 is 0 Å². The van der Waals surface area contributed by atoms with E-state index in [4.69, 9.17) is 4.74 Å². The van der Waals surface area contributed by atoms with E-state index in [1.165, 1.54) is 4.88 Å². The van der Waals surface area contributed by atoms with Gasteiger partial charge in [-0.2, -0.15) is 0 Å². The Morgan fingerprint density at radius 2 is 2.23 bits per heavy atom. The van der Waals surface area contributed by atoms with Crippen LogP contribution in [0, 0.1) is 5.92 Å². The van der Waals surface area contributed by atoms with Gasteiger partial charge in [-0.25, -0.2) is 0 Å². The van der Waals surface area contributed by atoms with E-state index in [0.717, 1.165) is 32.7 Å². The van der Waals surface area contributed by atoms with Crippen molar-refractivity contribution in [2.45, 2.75) is 19.4 Å². The smallest absolute Gasteiger partial charge is 0.225 e. The van der Waals surface area contributed by atoms with Crippen molar-refractivity contribution in [1.82, 2.24) is 9.80 Å². The molecule has 2 heterocycles. The largest absolute Gasteiger partial charge is 0.390 e. The SMILES string of the molecule is CC(Cc1cccs1)C(=O)N(C)CC(O)CN1CCOCC1. The second kappa shape index (κ2) is 8.62. The fourth-order valence-electron chi connectivity index (χ4n) is 2.74. The lowest BCUT2D eigenvalue weighted by Gasteiger charge is -2.30. The fraction of sp³-hybridized carbons (Fsp3) is 0.688. The average Bonchev–Trinajstić information content (AvgIpc) is 3.00. The van der Waals surface area contributed by atoms with E-state index in [1.54, 1.807) is 23.3 Å². The minimum Gasteiger partial charge on any atom is -0.390 e. The number of nitrogens with zero attached hydrogens (tertiary/aromatic N) is 2. The number of hydrogen-bond acceptors (Lipinski definition) is 5. The number of carbonyl (C=O) groups is 1. The highest BCUT2D eigenvalue weighted by Gasteiger charge is 2.22. The molecule has 22 heavy (non-hydrogen) atoms. The molecule has 1 aliphatic rings. The maximum Gasteiger partial charge on any atom is 0.225 e. The first-order valence-corrected chi connectivity index (χ1v) is 8.69.